The summed E-state index contributed by atoms with van der Waals surface area (Å²) in [4.78, 5) is 52.5. The van der Waals surface area contributed by atoms with Crippen LogP contribution in [0.4, 0.5) is 0 Å². The molecule has 0 aromatic rings. The highest BCUT2D eigenvalue weighted by Crippen LogP contribution is 2.33. The lowest BCUT2D eigenvalue weighted by molar-refractivity contribution is -0.299. The van der Waals surface area contributed by atoms with Crippen molar-refractivity contribution in [3.05, 3.63) is 30.1 Å². The number of nitrogens with two attached hydrogens (primary N) is 1. The monoisotopic (exact) mass is 448 g/mol. The zero-order valence-electron chi connectivity index (χ0n) is 15.8. The summed E-state index contributed by atoms with van der Waals surface area (Å²) >= 11 is 0. The van der Waals surface area contributed by atoms with E-state index in [1.165, 1.54) is 0 Å². The van der Waals surface area contributed by atoms with E-state index in [9.17, 15) is 29.8 Å². The second-order valence-electron chi connectivity index (χ2n) is 6.62. The quantitative estimate of drug-likeness (QED) is 0.113. The molecule has 2 aliphatic rings. The Hall–Kier alpha value is -2.57. The number of aliphatic hydroxyl groups excluding tert-OH is 2. The maximum atomic E-state index is 11.5. The first-order valence-corrected chi connectivity index (χ1v) is 8.89. The van der Waals surface area contributed by atoms with Gasteiger partial charge in [0.05, 0.1) is 25.9 Å². The van der Waals surface area contributed by atoms with E-state index in [4.69, 9.17) is 25.6 Å². The molecule has 4 N–H and O–H groups in total. The fourth-order valence-corrected chi connectivity index (χ4v) is 3.57. The van der Waals surface area contributed by atoms with Crippen LogP contribution in [0.5, 0.6) is 0 Å². The van der Waals surface area contributed by atoms with Crippen LogP contribution >= 0.6 is 0 Å². The van der Waals surface area contributed by atoms with Crippen molar-refractivity contribution in [1.82, 2.24) is 0 Å². The van der Waals surface area contributed by atoms with Crippen LogP contribution in [0, 0.1) is 19.6 Å². The largest absolute Gasteiger partial charge is 0.394 e. The third-order valence-electron chi connectivity index (χ3n) is 5.05. The molecule has 0 bridgehead atoms. The summed E-state index contributed by atoms with van der Waals surface area (Å²) in [5.74, 6) is 5.21. The Labute approximate surface area is 172 Å². The van der Waals surface area contributed by atoms with Crippen molar-refractivity contribution in [2.45, 2.75) is 61.0 Å². The van der Waals surface area contributed by atoms with Crippen molar-refractivity contribution in [2.24, 2.45) is 31.7 Å². The number of ether oxygens (including phenoxy) is 3. The van der Waals surface area contributed by atoms with E-state index in [-0.39, 0.29) is 0 Å². The highest BCUT2D eigenvalue weighted by molar-refractivity contribution is 5.04. The lowest BCUT2D eigenvalue weighted by atomic mass is 9.91. The van der Waals surface area contributed by atoms with Gasteiger partial charge in [-0.25, -0.2) is 5.90 Å². The molecule has 2 saturated heterocycles. The van der Waals surface area contributed by atoms with Crippen LogP contribution in [0.15, 0.2) is 25.8 Å². The van der Waals surface area contributed by atoms with E-state index in [0.717, 1.165) is 0 Å². The molecule has 18 heteroatoms. The third-order valence-corrected chi connectivity index (χ3v) is 5.05. The predicted octanol–water partition coefficient (Wildman–Crippen LogP) is -1.04. The molecule has 172 valence electrons. The second kappa shape index (κ2) is 11.7. The van der Waals surface area contributed by atoms with Crippen LogP contribution in [0.1, 0.15) is 0 Å². The molecule has 31 heavy (non-hydrogen) atoms. The van der Waals surface area contributed by atoms with E-state index in [1.807, 2.05) is 0 Å². The van der Waals surface area contributed by atoms with Gasteiger partial charge in [-0.2, -0.15) is 19.6 Å². The predicted molar refractivity (Wildman–Crippen MR) is 97.8 cm³/mol. The minimum absolute atomic E-state index is 0.443. The van der Waals surface area contributed by atoms with Crippen molar-refractivity contribution >= 4 is 0 Å². The van der Waals surface area contributed by atoms with Gasteiger partial charge in [-0.05, 0) is 5.53 Å². The molecule has 2 rings (SSSR count). The summed E-state index contributed by atoms with van der Waals surface area (Å²) in [7, 11) is 0. The van der Waals surface area contributed by atoms with E-state index in [1.54, 1.807) is 0 Å². The Morgan fingerprint density at radius 1 is 0.839 bits per heavy atom. The normalized spacial score (nSPS) is 40.4. The zero-order chi connectivity index (χ0) is 23.0. The summed E-state index contributed by atoms with van der Waals surface area (Å²) < 4.78 is 16.5. The van der Waals surface area contributed by atoms with Gasteiger partial charge in [0.25, 0.3) is 0 Å². The Bertz CT molecular complexity index is 695. The molecule has 18 nitrogen and oxygen atoms in total. The van der Waals surface area contributed by atoms with E-state index >= 15 is 0 Å². The number of rotatable bonds is 11. The smallest absolute Gasteiger partial charge is 0.189 e. The van der Waals surface area contributed by atoms with Crippen molar-refractivity contribution in [3.63, 3.8) is 0 Å². The lowest BCUT2D eigenvalue weighted by Gasteiger charge is -2.45. The first kappa shape index (κ1) is 24.7. The van der Waals surface area contributed by atoms with Gasteiger partial charge in [-0.3, -0.25) is 4.84 Å². The standard InChI is InChI=1S/C13H20N8O10/c14-21-16-1-4-7(17-24)10(20-27)12(31-15)13(29-4)30-11-6(3-23)28-5(2-22)8(18-25)9(11)19-26/h4-13,22-23H,1-3,15H2/t4?,5?,6-,7-,8+,9?,10?,11+,12-,13-/m0/s1. The number of aliphatic hydroxyl groups is 2. The maximum Gasteiger partial charge on any atom is 0.189 e. The van der Waals surface area contributed by atoms with Gasteiger partial charge >= 0.3 is 0 Å². The molecule has 10 atom stereocenters. The summed E-state index contributed by atoms with van der Waals surface area (Å²) in [5.41, 5.74) is 8.52. The Morgan fingerprint density at radius 3 is 1.87 bits per heavy atom. The average Bonchev–Trinajstić information content (AvgIpc) is 2.80. The zero-order valence-corrected chi connectivity index (χ0v) is 15.8. The van der Waals surface area contributed by atoms with Gasteiger partial charge in [0.2, 0.25) is 0 Å². The second-order valence-corrected chi connectivity index (χ2v) is 6.62. The summed E-state index contributed by atoms with van der Waals surface area (Å²) in [5, 5.41) is 33.4. The van der Waals surface area contributed by atoms with Gasteiger partial charge < -0.3 is 24.4 Å². The Morgan fingerprint density at radius 2 is 1.39 bits per heavy atom. The molecule has 0 amide bonds. The van der Waals surface area contributed by atoms with Crippen molar-refractivity contribution in [2.75, 3.05) is 19.8 Å². The van der Waals surface area contributed by atoms with Crippen molar-refractivity contribution in [1.29, 1.82) is 0 Å². The molecule has 4 unspecified atom stereocenters. The first-order valence-electron chi connectivity index (χ1n) is 8.89. The minimum atomic E-state index is -1.62. The number of nitrogens with zero attached hydrogens (tertiary/aromatic N) is 7. The summed E-state index contributed by atoms with van der Waals surface area (Å²) in [6.45, 7) is -1.87. The molecular formula is C13H20N8O10. The third kappa shape index (κ3) is 5.02. The molecule has 2 aliphatic heterocycles. The highest BCUT2D eigenvalue weighted by Gasteiger charge is 2.54. The fraction of sp³-hybridized carbons (Fsp3) is 1.00. The highest BCUT2D eigenvalue weighted by atomic mass is 16.7. The minimum Gasteiger partial charge on any atom is -0.394 e. The number of hydrogen-bond donors (Lipinski definition) is 3. The topological polar surface area (TPSA) is 270 Å². The molecular weight excluding hydrogens is 428 g/mol. The van der Waals surface area contributed by atoms with E-state index in [0.29, 0.717) is 0 Å². The number of nitroso groups, excluding NO2 is 4. The van der Waals surface area contributed by atoms with Gasteiger partial charge in [0.1, 0.15) is 36.4 Å². The van der Waals surface area contributed by atoms with Crippen molar-refractivity contribution < 1.29 is 29.3 Å². The maximum absolute atomic E-state index is 11.5. The van der Waals surface area contributed by atoms with E-state index in [2.05, 4.69) is 35.6 Å². The molecule has 0 saturated carbocycles. The van der Waals surface area contributed by atoms with Gasteiger partial charge in [0, 0.05) is 4.91 Å². The average molecular weight is 448 g/mol. The molecule has 0 aromatic carbocycles. The lowest BCUT2D eigenvalue weighted by Crippen LogP contribution is -2.64. The van der Waals surface area contributed by atoms with E-state index < -0.39 is 80.7 Å². The molecule has 0 spiro atoms. The van der Waals surface area contributed by atoms with Crippen LogP contribution in [0.3, 0.4) is 0 Å². The number of hydrogen-bond acceptors (Lipinski definition) is 16. The van der Waals surface area contributed by atoms with Crippen molar-refractivity contribution in [3.8, 4) is 0 Å². The molecule has 2 fully saturated rings. The molecule has 0 aliphatic carbocycles. The SMILES string of the molecule is [N-]=[N+]=NCC1O[C@@H](O[C@H]2C(N=O)[C@H](N=O)C(CO)O[C@H]2CO)[C@@H](ON)C(N=O)[C@H]1N=O. The van der Waals surface area contributed by atoms with Gasteiger partial charge in [-0.1, -0.05) is 25.8 Å². The first-order chi connectivity index (χ1) is 15.0. The fourth-order valence-electron chi connectivity index (χ4n) is 3.57. The number of azide groups is 1. The van der Waals surface area contributed by atoms with Crippen LogP contribution in [0.25, 0.3) is 10.4 Å². The van der Waals surface area contributed by atoms with Crippen LogP contribution < -0.4 is 5.90 Å². The molecule has 2 heterocycles. The van der Waals surface area contributed by atoms with Crippen LogP contribution in [-0.4, -0.2) is 90.9 Å². The van der Waals surface area contributed by atoms with Gasteiger partial charge in [0.15, 0.2) is 18.4 Å². The van der Waals surface area contributed by atoms with Gasteiger partial charge in [-0.15, -0.1) is 0 Å². The molecule has 0 aromatic heterocycles. The summed E-state index contributed by atoms with van der Waals surface area (Å²) in [6, 6.07) is -6.00. The molecule has 0 radical (unpaired) electrons. The summed E-state index contributed by atoms with van der Waals surface area (Å²) in [6.07, 6.45) is -8.40. The van der Waals surface area contributed by atoms with Crippen LogP contribution in [0.2, 0.25) is 0 Å². The van der Waals surface area contributed by atoms with Crippen LogP contribution in [-0.2, 0) is 19.0 Å². The Kier molecular flexibility index (Phi) is 9.34. The Balaban J connectivity index is 2.37.